The van der Waals surface area contributed by atoms with E-state index in [0.717, 1.165) is 72.1 Å². The van der Waals surface area contributed by atoms with Gasteiger partial charge >= 0.3 is 0 Å². The number of aromatic nitrogens is 6. The van der Waals surface area contributed by atoms with Crippen molar-refractivity contribution in [2.24, 2.45) is 0 Å². The number of benzene rings is 1. The number of hydrogen-bond donors (Lipinski definition) is 0. The maximum Gasteiger partial charge on any atom is 0.162 e. The minimum atomic E-state index is 0.197. The molecule has 0 aliphatic carbocycles. The minimum Gasteiger partial charge on any atom is -0.346 e. The molecule has 0 radical (unpaired) electrons. The molecule has 2 aliphatic rings. The molecule has 1 saturated heterocycles. The van der Waals surface area contributed by atoms with Crippen LogP contribution in [0.2, 0.25) is 0 Å². The number of para-hydroxylation sites is 1. The monoisotopic (exact) mass is 411 g/mol. The van der Waals surface area contributed by atoms with Crippen LogP contribution in [0.5, 0.6) is 0 Å². The fraction of sp³-hybridized carbons (Fsp3) is 0.375. The third-order valence-corrected chi connectivity index (χ3v) is 6.48. The van der Waals surface area contributed by atoms with E-state index in [2.05, 4.69) is 42.8 Å². The summed E-state index contributed by atoms with van der Waals surface area (Å²) in [6.45, 7) is 1.98. The third-order valence-electron chi connectivity index (χ3n) is 6.48. The molecule has 1 fully saturated rings. The highest BCUT2D eigenvalue weighted by molar-refractivity contribution is 5.91. The molecule has 4 aromatic rings. The van der Waals surface area contributed by atoms with Crippen molar-refractivity contribution in [2.45, 2.75) is 51.1 Å². The second kappa shape index (κ2) is 7.72. The second-order valence-corrected chi connectivity index (χ2v) is 8.41. The van der Waals surface area contributed by atoms with Gasteiger partial charge in [-0.1, -0.05) is 18.6 Å². The Hall–Kier alpha value is -3.35. The van der Waals surface area contributed by atoms with Gasteiger partial charge in [0.2, 0.25) is 0 Å². The number of aryl methyl sites for hydroxylation is 1. The van der Waals surface area contributed by atoms with Gasteiger partial charge in [-0.05, 0) is 49.9 Å². The molecule has 5 heterocycles. The maximum atomic E-state index is 5.07. The Kier molecular flexibility index (Phi) is 4.59. The zero-order valence-corrected chi connectivity index (χ0v) is 17.5. The Bertz CT molecular complexity index is 1220. The van der Waals surface area contributed by atoms with Gasteiger partial charge in [-0.3, -0.25) is 4.98 Å². The van der Waals surface area contributed by atoms with Crippen LogP contribution in [0.3, 0.4) is 0 Å². The molecule has 0 bridgehead atoms. The summed E-state index contributed by atoms with van der Waals surface area (Å²) in [6, 6.07) is 12.4. The van der Waals surface area contributed by atoms with Gasteiger partial charge in [0.1, 0.15) is 11.6 Å². The highest BCUT2D eigenvalue weighted by atomic mass is 15.3. The lowest BCUT2D eigenvalue weighted by molar-refractivity contribution is 0.558. The molecule has 6 rings (SSSR count). The fourth-order valence-corrected chi connectivity index (χ4v) is 4.95. The summed E-state index contributed by atoms with van der Waals surface area (Å²) in [7, 11) is 0. The standard InChI is InChI=1S/C24H25N7/c1-2-10-21-28-29-24(31(21)15-5-1)20-9-6-16-30(20)23-18-7-3-4-8-19(18)26-22(27-23)17-11-13-25-14-12-17/h3-4,7-8,11-14,20H,1-2,5-6,9-10,15-16H2. The van der Waals surface area contributed by atoms with Crippen LogP contribution in [0.15, 0.2) is 48.8 Å². The number of nitrogens with zero attached hydrogens (tertiary/aromatic N) is 7. The first kappa shape index (κ1) is 18.4. The highest BCUT2D eigenvalue weighted by Gasteiger charge is 2.33. The van der Waals surface area contributed by atoms with E-state index in [-0.39, 0.29) is 6.04 Å². The molecule has 1 unspecified atom stereocenters. The Morgan fingerprint density at radius 2 is 1.74 bits per heavy atom. The summed E-state index contributed by atoms with van der Waals surface area (Å²) >= 11 is 0. The number of hydrogen-bond acceptors (Lipinski definition) is 6. The quantitative estimate of drug-likeness (QED) is 0.499. The SMILES string of the molecule is c1ccc2c(N3CCCC3c3nnc4n3CCCCC4)nc(-c3ccncc3)nc2c1. The van der Waals surface area contributed by atoms with Crippen LogP contribution < -0.4 is 4.90 Å². The van der Waals surface area contributed by atoms with Crippen LogP contribution in [0.25, 0.3) is 22.3 Å². The predicted octanol–water partition coefficient (Wildman–Crippen LogP) is 4.35. The summed E-state index contributed by atoms with van der Waals surface area (Å²) in [5.41, 5.74) is 1.94. The zero-order chi connectivity index (χ0) is 20.6. The Morgan fingerprint density at radius 1 is 0.839 bits per heavy atom. The van der Waals surface area contributed by atoms with Crippen molar-refractivity contribution < 1.29 is 0 Å². The van der Waals surface area contributed by atoms with Crippen molar-refractivity contribution in [3.05, 3.63) is 60.4 Å². The molecule has 2 aliphatic heterocycles. The Labute approximate surface area is 181 Å². The number of rotatable bonds is 3. The van der Waals surface area contributed by atoms with E-state index in [9.17, 15) is 0 Å². The topological polar surface area (TPSA) is 72.6 Å². The summed E-state index contributed by atoms with van der Waals surface area (Å²) in [5, 5.41) is 10.3. The summed E-state index contributed by atoms with van der Waals surface area (Å²) in [6.07, 6.45) is 10.5. The first-order valence-electron chi connectivity index (χ1n) is 11.2. The summed E-state index contributed by atoms with van der Waals surface area (Å²) < 4.78 is 2.38. The van der Waals surface area contributed by atoms with Crippen molar-refractivity contribution in [2.75, 3.05) is 11.4 Å². The van der Waals surface area contributed by atoms with Gasteiger partial charge in [-0.2, -0.15) is 0 Å². The average Bonchev–Trinajstić information content (AvgIpc) is 3.39. The fourth-order valence-electron chi connectivity index (χ4n) is 4.95. The molecule has 156 valence electrons. The molecule has 0 amide bonds. The van der Waals surface area contributed by atoms with E-state index in [1.165, 1.54) is 19.3 Å². The van der Waals surface area contributed by atoms with Gasteiger partial charge in [0, 0.05) is 42.9 Å². The van der Waals surface area contributed by atoms with E-state index in [1.807, 2.05) is 18.2 Å². The molecule has 0 N–H and O–H groups in total. The lowest BCUT2D eigenvalue weighted by Gasteiger charge is -2.27. The minimum absolute atomic E-state index is 0.197. The molecular formula is C24H25N7. The van der Waals surface area contributed by atoms with E-state index in [0.29, 0.717) is 0 Å². The van der Waals surface area contributed by atoms with E-state index in [1.54, 1.807) is 12.4 Å². The first-order chi connectivity index (χ1) is 15.4. The van der Waals surface area contributed by atoms with Crippen LogP contribution in [-0.2, 0) is 13.0 Å². The smallest absolute Gasteiger partial charge is 0.162 e. The lowest BCUT2D eigenvalue weighted by Crippen LogP contribution is -2.27. The van der Waals surface area contributed by atoms with E-state index in [4.69, 9.17) is 9.97 Å². The van der Waals surface area contributed by atoms with Crippen LogP contribution in [0, 0.1) is 0 Å². The third kappa shape index (κ3) is 3.24. The zero-order valence-electron chi connectivity index (χ0n) is 17.5. The molecule has 31 heavy (non-hydrogen) atoms. The number of anilines is 1. The van der Waals surface area contributed by atoms with Crippen LogP contribution in [-0.4, -0.2) is 36.3 Å². The number of pyridine rings is 1. The largest absolute Gasteiger partial charge is 0.346 e. The number of fused-ring (bicyclic) bond motifs is 2. The van der Waals surface area contributed by atoms with Crippen molar-refractivity contribution >= 4 is 16.7 Å². The van der Waals surface area contributed by atoms with Crippen molar-refractivity contribution in [1.29, 1.82) is 0 Å². The van der Waals surface area contributed by atoms with Gasteiger partial charge < -0.3 is 9.47 Å². The first-order valence-corrected chi connectivity index (χ1v) is 11.2. The molecule has 0 saturated carbocycles. The highest BCUT2D eigenvalue weighted by Crippen LogP contribution is 2.39. The Balaban J connectivity index is 1.48. The average molecular weight is 412 g/mol. The summed E-state index contributed by atoms with van der Waals surface area (Å²) in [5.74, 6) is 3.97. The van der Waals surface area contributed by atoms with Crippen LogP contribution >= 0.6 is 0 Å². The van der Waals surface area contributed by atoms with E-state index >= 15 is 0 Å². The normalized spacial score (nSPS) is 18.8. The lowest BCUT2D eigenvalue weighted by atomic mass is 10.1. The molecular weight excluding hydrogens is 386 g/mol. The van der Waals surface area contributed by atoms with Crippen molar-refractivity contribution in [1.82, 2.24) is 29.7 Å². The molecule has 3 aromatic heterocycles. The maximum absolute atomic E-state index is 5.07. The van der Waals surface area contributed by atoms with Gasteiger partial charge in [-0.15, -0.1) is 10.2 Å². The van der Waals surface area contributed by atoms with Crippen molar-refractivity contribution in [3.8, 4) is 11.4 Å². The van der Waals surface area contributed by atoms with Crippen molar-refractivity contribution in [3.63, 3.8) is 0 Å². The van der Waals surface area contributed by atoms with E-state index < -0.39 is 0 Å². The molecule has 1 atom stereocenters. The van der Waals surface area contributed by atoms with Gasteiger partial charge in [0.25, 0.3) is 0 Å². The second-order valence-electron chi connectivity index (χ2n) is 8.41. The Morgan fingerprint density at radius 3 is 2.68 bits per heavy atom. The van der Waals surface area contributed by atoms with Gasteiger partial charge in [0.15, 0.2) is 11.6 Å². The van der Waals surface area contributed by atoms with Crippen LogP contribution in [0.4, 0.5) is 5.82 Å². The predicted molar refractivity (Wildman–Crippen MR) is 120 cm³/mol. The molecule has 1 aromatic carbocycles. The summed E-state index contributed by atoms with van der Waals surface area (Å²) in [4.78, 5) is 16.5. The van der Waals surface area contributed by atoms with Gasteiger partial charge in [-0.25, -0.2) is 9.97 Å². The molecule has 7 nitrogen and oxygen atoms in total. The van der Waals surface area contributed by atoms with Gasteiger partial charge in [0.05, 0.1) is 11.6 Å². The van der Waals surface area contributed by atoms with Crippen LogP contribution in [0.1, 0.15) is 49.8 Å². The molecule has 7 heteroatoms. The molecule has 0 spiro atoms.